The summed E-state index contributed by atoms with van der Waals surface area (Å²) in [6.45, 7) is 1.42. The van der Waals surface area contributed by atoms with Gasteiger partial charge < -0.3 is 10.0 Å². The van der Waals surface area contributed by atoms with Crippen molar-refractivity contribution in [2.24, 2.45) is 5.92 Å². The van der Waals surface area contributed by atoms with Crippen LogP contribution in [0.1, 0.15) is 16.8 Å². The smallest absolute Gasteiger partial charge is 0.255 e. The average Bonchev–Trinajstić information content (AvgIpc) is 2.77. The molecule has 0 radical (unpaired) electrons. The van der Waals surface area contributed by atoms with E-state index in [1.54, 1.807) is 17.2 Å². The first-order valence-corrected chi connectivity index (χ1v) is 5.60. The first kappa shape index (κ1) is 11.4. The van der Waals surface area contributed by atoms with E-state index in [0.29, 0.717) is 23.7 Å². The lowest BCUT2D eigenvalue weighted by molar-refractivity contribution is 0.0782. The summed E-state index contributed by atoms with van der Waals surface area (Å²) in [5.41, 5.74) is 0.482. The second kappa shape index (κ2) is 4.80. The Balaban J connectivity index is 2.12. The number of halogens is 1. The number of aliphatic hydroxyl groups excluding tert-OH is 1. The van der Waals surface area contributed by atoms with E-state index in [-0.39, 0.29) is 18.4 Å². The molecule has 16 heavy (non-hydrogen) atoms. The van der Waals surface area contributed by atoms with Crippen LogP contribution in [-0.2, 0) is 0 Å². The minimum absolute atomic E-state index is 0.0802. The topological polar surface area (TPSA) is 53.4 Å². The molecule has 1 unspecified atom stereocenters. The molecule has 1 amide bonds. The van der Waals surface area contributed by atoms with Crippen LogP contribution >= 0.6 is 11.6 Å². The molecule has 2 heterocycles. The number of pyridine rings is 1. The average molecular weight is 241 g/mol. The van der Waals surface area contributed by atoms with Crippen molar-refractivity contribution in [3.8, 4) is 0 Å². The summed E-state index contributed by atoms with van der Waals surface area (Å²) in [4.78, 5) is 17.6. The van der Waals surface area contributed by atoms with Crippen LogP contribution in [0.25, 0.3) is 0 Å². The van der Waals surface area contributed by atoms with Crippen LogP contribution in [0.5, 0.6) is 0 Å². The van der Waals surface area contributed by atoms with E-state index in [2.05, 4.69) is 4.98 Å². The lowest BCUT2D eigenvalue weighted by atomic mass is 10.1. The van der Waals surface area contributed by atoms with Gasteiger partial charge >= 0.3 is 0 Å². The van der Waals surface area contributed by atoms with E-state index in [1.165, 1.54) is 6.20 Å². The van der Waals surface area contributed by atoms with E-state index in [1.807, 2.05) is 0 Å². The van der Waals surface area contributed by atoms with Gasteiger partial charge in [-0.1, -0.05) is 11.6 Å². The minimum Gasteiger partial charge on any atom is -0.396 e. The zero-order valence-corrected chi connectivity index (χ0v) is 9.52. The summed E-state index contributed by atoms with van der Waals surface area (Å²) < 4.78 is 0. The molecule has 1 aliphatic rings. The summed E-state index contributed by atoms with van der Waals surface area (Å²) >= 11 is 5.91. The Morgan fingerprint density at radius 3 is 3.12 bits per heavy atom. The van der Waals surface area contributed by atoms with Gasteiger partial charge in [-0.3, -0.25) is 9.78 Å². The first-order valence-electron chi connectivity index (χ1n) is 5.22. The monoisotopic (exact) mass is 240 g/mol. The van der Waals surface area contributed by atoms with E-state index >= 15 is 0 Å². The van der Waals surface area contributed by atoms with Gasteiger partial charge in [0.25, 0.3) is 5.91 Å². The van der Waals surface area contributed by atoms with Gasteiger partial charge in [0.15, 0.2) is 0 Å². The maximum atomic E-state index is 12.1. The molecule has 0 aromatic carbocycles. The van der Waals surface area contributed by atoms with Gasteiger partial charge in [0.2, 0.25) is 0 Å². The first-order chi connectivity index (χ1) is 7.72. The Morgan fingerprint density at radius 2 is 2.50 bits per heavy atom. The summed E-state index contributed by atoms with van der Waals surface area (Å²) in [7, 11) is 0. The maximum Gasteiger partial charge on any atom is 0.255 e. The van der Waals surface area contributed by atoms with Gasteiger partial charge in [0.05, 0.1) is 10.6 Å². The molecule has 0 saturated carbocycles. The van der Waals surface area contributed by atoms with Crippen LogP contribution in [0, 0.1) is 5.92 Å². The molecule has 0 aliphatic carbocycles. The fraction of sp³-hybridized carbons (Fsp3) is 0.455. The largest absolute Gasteiger partial charge is 0.396 e. The van der Waals surface area contributed by atoms with Crippen molar-refractivity contribution in [1.29, 1.82) is 0 Å². The predicted molar refractivity (Wildman–Crippen MR) is 60.3 cm³/mol. The lowest BCUT2D eigenvalue weighted by Gasteiger charge is -2.16. The SMILES string of the molecule is O=C(c1ccncc1Cl)N1CCC(CO)C1. The number of hydrogen-bond donors (Lipinski definition) is 1. The summed E-state index contributed by atoms with van der Waals surface area (Å²) in [6, 6.07) is 1.62. The van der Waals surface area contributed by atoms with Gasteiger partial charge in [-0.25, -0.2) is 0 Å². The molecular formula is C11H13ClN2O2. The highest BCUT2D eigenvalue weighted by molar-refractivity contribution is 6.33. The maximum absolute atomic E-state index is 12.1. The van der Waals surface area contributed by atoms with Crippen LogP contribution in [0.3, 0.4) is 0 Å². The van der Waals surface area contributed by atoms with Gasteiger partial charge in [-0.15, -0.1) is 0 Å². The van der Waals surface area contributed by atoms with E-state index < -0.39 is 0 Å². The highest BCUT2D eigenvalue weighted by Crippen LogP contribution is 2.21. The Bertz CT molecular complexity index is 397. The van der Waals surface area contributed by atoms with Crippen molar-refractivity contribution >= 4 is 17.5 Å². The Morgan fingerprint density at radius 1 is 1.69 bits per heavy atom. The molecule has 0 bridgehead atoms. The van der Waals surface area contributed by atoms with Crippen LogP contribution in [0.2, 0.25) is 5.02 Å². The number of likely N-dealkylation sites (tertiary alicyclic amines) is 1. The Kier molecular flexibility index (Phi) is 3.41. The molecular weight excluding hydrogens is 228 g/mol. The number of aliphatic hydroxyl groups is 1. The van der Waals surface area contributed by atoms with E-state index in [0.717, 1.165) is 6.42 Å². The van der Waals surface area contributed by atoms with Gasteiger partial charge in [-0.05, 0) is 12.5 Å². The predicted octanol–water partition coefficient (Wildman–Crippen LogP) is 1.19. The van der Waals surface area contributed by atoms with Crippen molar-refractivity contribution in [2.75, 3.05) is 19.7 Å². The minimum atomic E-state index is -0.0802. The van der Waals surface area contributed by atoms with E-state index in [9.17, 15) is 4.79 Å². The summed E-state index contributed by atoms with van der Waals surface area (Å²) in [6.07, 6.45) is 3.87. The zero-order valence-electron chi connectivity index (χ0n) is 8.77. The number of carbonyl (C=O) groups excluding carboxylic acids is 1. The highest BCUT2D eigenvalue weighted by atomic mass is 35.5. The van der Waals surface area contributed by atoms with Gasteiger partial charge in [0, 0.05) is 38.0 Å². The van der Waals surface area contributed by atoms with E-state index in [4.69, 9.17) is 16.7 Å². The molecule has 2 rings (SSSR count). The van der Waals surface area contributed by atoms with Crippen LogP contribution < -0.4 is 0 Å². The molecule has 1 aliphatic heterocycles. The quantitative estimate of drug-likeness (QED) is 0.845. The van der Waals surface area contributed by atoms with Crippen molar-refractivity contribution in [3.05, 3.63) is 29.0 Å². The van der Waals surface area contributed by atoms with Crippen molar-refractivity contribution < 1.29 is 9.90 Å². The highest BCUT2D eigenvalue weighted by Gasteiger charge is 2.27. The third-order valence-electron chi connectivity index (χ3n) is 2.83. The molecule has 1 N–H and O–H groups in total. The fourth-order valence-corrected chi connectivity index (χ4v) is 2.09. The molecule has 1 aromatic rings. The second-order valence-corrected chi connectivity index (χ2v) is 4.35. The molecule has 1 aromatic heterocycles. The second-order valence-electron chi connectivity index (χ2n) is 3.94. The normalized spacial score (nSPS) is 20.1. The summed E-state index contributed by atoms with van der Waals surface area (Å²) in [5.74, 6) is 0.118. The van der Waals surface area contributed by atoms with Crippen molar-refractivity contribution in [1.82, 2.24) is 9.88 Å². The molecule has 1 saturated heterocycles. The third-order valence-corrected chi connectivity index (χ3v) is 3.14. The molecule has 1 fully saturated rings. The number of hydrogen-bond acceptors (Lipinski definition) is 3. The van der Waals surface area contributed by atoms with Crippen molar-refractivity contribution in [2.45, 2.75) is 6.42 Å². The van der Waals surface area contributed by atoms with Gasteiger partial charge in [-0.2, -0.15) is 0 Å². The number of rotatable bonds is 2. The number of amides is 1. The van der Waals surface area contributed by atoms with Crippen LogP contribution in [-0.4, -0.2) is 40.6 Å². The van der Waals surface area contributed by atoms with Crippen molar-refractivity contribution in [3.63, 3.8) is 0 Å². The standard InChI is InChI=1S/C11H13ClN2O2/c12-10-5-13-3-1-9(10)11(16)14-4-2-8(6-14)7-15/h1,3,5,8,15H,2,4,6-7H2. The molecule has 1 atom stereocenters. The lowest BCUT2D eigenvalue weighted by Crippen LogP contribution is -2.29. The number of nitrogens with zero attached hydrogens (tertiary/aromatic N) is 2. The number of aromatic nitrogens is 1. The van der Waals surface area contributed by atoms with Gasteiger partial charge in [0.1, 0.15) is 0 Å². The molecule has 5 heteroatoms. The number of carbonyl (C=O) groups is 1. The summed E-state index contributed by atoms with van der Waals surface area (Å²) in [5, 5.41) is 9.39. The van der Waals surface area contributed by atoms with Crippen LogP contribution in [0.15, 0.2) is 18.5 Å². The zero-order chi connectivity index (χ0) is 11.5. The third kappa shape index (κ3) is 2.18. The van der Waals surface area contributed by atoms with Crippen LogP contribution in [0.4, 0.5) is 0 Å². The molecule has 4 nitrogen and oxygen atoms in total. The fourth-order valence-electron chi connectivity index (χ4n) is 1.89. The Hall–Kier alpha value is -1.13. The Labute approximate surface area is 98.9 Å². The molecule has 0 spiro atoms. The molecule has 86 valence electrons.